The summed E-state index contributed by atoms with van der Waals surface area (Å²) in [6.07, 6.45) is 1.60. The first-order chi connectivity index (χ1) is 18.5. The molecule has 1 aromatic carbocycles. The van der Waals surface area contributed by atoms with Crippen molar-refractivity contribution < 1.29 is 41.3 Å². The molecule has 2 aliphatic heterocycles. The number of carbonyl (C=O) groups is 1. The zero-order chi connectivity index (χ0) is 28.3. The van der Waals surface area contributed by atoms with Crippen LogP contribution in [0.5, 0.6) is 5.75 Å². The number of amides is 1. The first kappa shape index (κ1) is 29.2. The Balaban J connectivity index is 1.33. The number of carboxylic acid groups (broad SMARTS) is 1. The molecule has 2 aliphatic rings. The number of ether oxygens (including phenoxy) is 2. The van der Waals surface area contributed by atoms with Gasteiger partial charge in [-0.05, 0) is 50.6 Å². The Labute approximate surface area is 227 Å². The minimum Gasteiger partial charge on any atom is -0.491 e. The molecule has 4 rings (SSSR count). The highest BCUT2D eigenvalue weighted by Crippen LogP contribution is 2.39. The molecule has 0 unspecified atom stereocenters. The van der Waals surface area contributed by atoms with Gasteiger partial charge in [-0.3, -0.25) is 4.98 Å². The molecule has 0 saturated carbocycles. The Kier molecular flexibility index (Phi) is 8.78. The highest BCUT2D eigenvalue weighted by Gasteiger charge is 2.47. The number of aromatic nitrogens is 1. The fraction of sp³-hybridized carbons (Fsp3) is 0.500. The lowest BCUT2D eigenvalue weighted by Crippen LogP contribution is -2.48. The second-order valence-electron chi connectivity index (χ2n) is 9.53. The monoisotopic (exact) mass is 584 g/mol. The second kappa shape index (κ2) is 11.7. The predicted octanol–water partition coefficient (Wildman–Crippen LogP) is 0.722. The third-order valence-electron chi connectivity index (χ3n) is 7.02. The lowest BCUT2D eigenvalue weighted by atomic mass is 9.88. The number of hydrogen-bond donors (Lipinski definition) is 3. The van der Waals surface area contributed by atoms with Gasteiger partial charge in [0.05, 0.1) is 29.7 Å². The third kappa shape index (κ3) is 6.67. The average molecular weight is 585 g/mol. The second-order valence-corrected chi connectivity index (χ2v) is 13.4. The molecule has 3 N–H and O–H groups in total. The van der Waals surface area contributed by atoms with E-state index in [0.29, 0.717) is 19.3 Å². The van der Waals surface area contributed by atoms with Crippen molar-refractivity contribution in [2.45, 2.75) is 46.8 Å². The maximum Gasteiger partial charge on any atom is 0.407 e. The summed E-state index contributed by atoms with van der Waals surface area (Å²) in [6.45, 7) is 0.0902. The van der Waals surface area contributed by atoms with Gasteiger partial charge in [-0.15, -0.1) is 0 Å². The van der Waals surface area contributed by atoms with Crippen LogP contribution >= 0.6 is 0 Å². The number of rotatable bonds is 10. The normalized spacial score (nSPS) is 20.5. The van der Waals surface area contributed by atoms with Gasteiger partial charge in [-0.2, -0.15) is 4.31 Å². The Hall–Kier alpha value is -2.82. The zero-order valence-electron chi connectivity index (χ0n) is 21.3. The van der Waals surface area contributed by atoms with E-state index < -0.39 is 43.9 Å². The summed E-state index contributed by atoms with van der Waals surface area (Å²) < 4.78 is 64.9. The molecular formula is C24H32N4O9S2. The fourth-order valence-corrected chi connectivity index (χ4v) is 7.03. The number of benzene rings is 1. The summed E-state index contributed by atoms with van der Waals surface area (Å²) in [5.74, 6) is 0.211. The van der Waals surface area contributed by atoms with Crippen molar-refractivity contribution in [1.29, 1.82) is 0 Å². The Morgan fingerprint density at radius 1 is 1.23 bits per heavy atom. The molecule has 0 radical (unpaired) electrons. The van der Waals surface area contributed by atoms with Gasteiger partial charge in [-0.25, -0.2) is 26.4 Å². The van der Waals surface area contributed by atoms with Crippen LogP contribution in [-0.4, -0.2) is 105 Å². The van der Waals surface area contributed by atoms with E-state index in [9.17, 15) is 31.8 Å². The van der Waals surface area contributed by atoms with Gasteiger partial charge in [0.15, 0.2) is 0 Å². The molecule has 3 heterocycles. The molecule has 1 amide bonds. The van der Waals surface area contributed by atoms with E-state index in [4.69, 9.17) is 9.47 Å². The lowest BCUT2D eigenvalue weighted by molar-refractivity contribution is -0.0319. The van der Waals surface area contributed by atoms with Crippen LogP contribution in [0, 0.1) is 0 Å². The molecule has 13 nitrogen and oxygen atoms in total. The third-order valence-corrected chi connectivity index (χ3v) is 10.3. The summed E-state index contributed by atoms with van der Waals surface area (Å²) in [5.41, 5.74) is -0.653. The minimum absolute atomic E-state index is 0.00293. The van der Waals surface area contributed by atoms with E-state index in [-0.39, 0.29) is 48.4 Å². The quantitative estimate of drug-likeness (QED) is 0.361. The van der Waals surface area contributed by atoms with Crippen LogP contribution in [0.25, 0.3) is 0 Å². The van der Waals surface area contributed by atoms with E-state index in [2.05, 4.69) is 9.71 Å². The lowest BCUT2D eigenvalue weighted by Gasteiger charge is -2.38. The van der Waals surface area contributed by atoms with Crippen molar-refractivity contribution in [3.63, 3.8) is 0 Å². The van der Waals surface area contributed by atoms with E-state index in [1.54, 1.807) is 6.07 Å². The van der Waals surface area contributed by atoms with E-state index in [1.165, 1.54) is 54.1 Å². The van der Waals surface area contributed by atoms with Gasteiger partial charge in [0.1, 0.15) is 23.4 Å². The summed E-state index contributed by atoms with van der Waals surface area (Å²) in [7, 11) is -6.06. The highest BCUT2D eigenvalue weighted by molar-refractivity contribution is 7.89. The number of nitrogens with one attached hydrogen (secondary N) is 1. The van der Waals surface area contributed by atoms with Gasteiger partial charge in [0.2, 0.25) is 20.0 Å². The molecule has 2 fully saturated rings. The number of aliphatic hydroxyl groups excluding tert-OH is 1. The predicted molar refractivity (Wildman–Crippen MR) is 138 cm³/mol. The van der Waals surface area contributed by atoms with Crippen LogP contribution in [0.4, 0.5) is 4.79 Å². The Morgan fingerprint density at radius 2 is 1.95 bits per heavy atom. The first-order valence-electron chi connectivity index (χ1n) is 12.3. The van der Waals surface area contributed by atoms with Crippen LogP contribution in [0.2, 0.25) is 0 Å². The van der Waals surface area contributed by atoms with Gasteiger partial charge in [0, 0.05) is 31.5 Å². The summed E-state index contributed by atoms with van der Waals surface area (Å²) in [4.78, 5) is 17.2. The highest BCUT2D eigenvalue weighted by atomic mass is 32.2. The van der Waals surface area contributed by atoms with E-state index >= 15 is 0 Å². The van der Waals surface area contributed by atoms with E-state index in [1.807, 2.05) is 0 Å². The van der Waals surface area contributed by atoms with Crippen LogP contribution in [0.3, 0.4) is 0 Å². The fourth-order valence-electron chi connectivity index (χ4n) is 4.86. The number of sulfonamides is 2. The maximum atomic E-state index is 12.9. The zero-order valence-corrected chi connectivity index (χ0v) is 23.0. The van der Waals surface area contributed by atoms with Gasteiger partial charge >= 0.3 is 6.09 Å². The van der Waals surface area contributed by atoms with Gasteiger partial charge in [0.25, 0.3) is 0 Å². The molecule has 2 aromatic rings. The Bertz CT molecular complexity index is 1360. The first-order valence-corrected chi connectivity index (χ1v) is 15.3. The molecule has 0 bridgehead atoms. The van der Waals surface area contributed by atoms with Gasteiger partial charge in [-0.1, -0.05) is 6.07 Å². The number of pyridine rings is 1. The molecule has 214 valence electrons. The van der Waals surface area contributed by atoms with Crippen molar-refractivity contribution in [3.8, 4) is 5.75 Å². The van der Waals surface area contributed by atoms with Crippen molar-refractivity contribution in [3.05, 3.63) is 48.8 Å². The molecular weight excluding hydrogens is 552 g/mol. The molecule has 2 atom stereocenters. The molecule has 2 saturated heterocycles. The number of aliphatic hydroxyl groups is 1. The Morgan fingerprint density at radius 3 is 2.59 bits per heavy atom. The van der Waals surface area contributed by atoms with Crippen LogP contribution in [0.15, 0.2) is 58.6 Å². The summed E-state index contributed by atoms with van der Waals surface area (Å²) >= 11 is 0. The molecule has 1 aromatic heterocycles. The summed E-state index contributed by atoms with van der Waals surface area (Å²) in [5, 5.41) is 20.4. The van der Waals surface area contributed by atoms with Crippen LogP contribution in [0.1, 0.15) is 19.3 Å². The van der Waals surface area contributed by atoms with Crippen LogP contribution in [-0.2, 0) is 24.8 Å². The molecule has 15 heteroatoms. The van der Waals surface area contributed by atoms with Crippen molar-refractivity contribution in [1.82, 2.24) is 18.9 Å². The number of hydrogen-bond acceptors (Lipinski definition) is 9. The average Bonchev–Trinajstić information content (AvgIpc) is 3.34. The smallest absolute Gasteiger partial charge is 0.407 e. The number of piperidine rings is 1. The minimum atomic E-state index is -3.68. The van der Waals surface area contributed by atoms with Crippen LogP contribution < -0.4 is 9.46 Å². The standard InChI is InChI=1S/C24H32N4O9S2/c1-25-38(32,33)21-5-2-4-20(12-21)36-17-19(29)15-28(23(30)31)18-13-24(37-16-18)7-10-27(11-8-24)39(34,35)22-6-3-9-26-14-22/h2-6,9,12,14,18-19,25,29H,7-8,10-11,13,15-17H2,1H3,(H,30,31)/t18-,19+/m1/s1. The summed E-state index contributed by atoms with van der Waals surface area (Å²) in [6, 6.07) is 8.27. The maximum absolute atomic E-state index is 12.9. The molecule has 0 aliphatic carbocycles. The molecule has 39 heavy (non-hydrogen) atoms. The van der Waals surface area contributed by atoms with Gasteiger partial charge < -0.3 is 24.6 Å². The van der Waals surface area contributed by atoms with Crippen molar-refractivity contribution in [2.24, 2.45) is 0 Å². The SMILES string of the molecule is CNS(=O)(=O)c1cccc(OC[C@@H](O)CN(C(=O)O)[C@H]2COC3(CCN(S(=O)(=O)c4cccnc4)CC3)C2)c1. The van der Waals surface area contributed by atoms with E-state index in [0.717, 1.165) is 4.90 Å². The number of nitrogens with zero attached hydrogens (tertiary/aromatic N) is 3. The largest absolute Gasteiger partial charge is 0.491 e. The molecule has 1 spiro atoms. The van der Waals surface area contributed by atoms with Crippen molar-refractivity contribution in [2.75, 3.05) is 39.9 Å². The van der Waals surface area contributed by atoms with Crippen molar-refractivity contribution >= 4 is 26.1 Å². The topological polar surface area (TPSA) is 176 Å².